The van der Waals surface area contributed by atoms with Gasteiger partial charge in [-0.1, -0.05) is 62.4 Å². The van der Waals surface area contributed by atoms with Crippen molar-refractivity contribution in [2.45, 2.75) is 45.8 Å². The Morgan fingerprint density at radius 2 is 1.78 bits per heavy atom. The first kappa shape index (κ1) is 23.6. The Labute approximate surface area is 217 Å². The summed E-state index contributed by atoms with van der Waals surface area (Å²) in [5.41, 5.74) is 7.36. The third kappa shape index (κ3) is 4.67. The standard InChI is InChI=1S/C30H32N6O/c1-20(2)28(32-30(37)26-9-5-6-13-31-26)29-34-33-27-12-14-35(15-16-36(27)29)19-21-10-11-25-23(17-21)18-22-7-3-4-8-24(22)25/h3-11,13,17,20,28H,12,14-16,18-19H2,1-2H3,(H,32,37)/t28-/m0/s1. The van der Waals surface area contributed by atoms with Gasteiger partial charge in [0.25, 0.3) is 5.91 Å². The Kier molecular flexibility index (Phi) is 6.30. The van der Waals surface area contributed by atoms with Crippen LogP contribution in [0.1, 0.15) is 58.7 Å². The molecule has 0 saturated carbocycles. The molecule has 37 heavy (non-hydrogen) atoms. The number of carbonyl (C=O) groups is 1. The molecular weight excluding hydrogens is 460 g/mol. The Balaban J connectivity index is 1.15. The van der Waals surface area contributed by atoms with Crippen molar-refractivity contribution >= 4 is 5.91 Å². The number of carbonyl (C=O) groups excluding carboxylic acids is 1. The molecule has 3 heterocycles. The molecule has 1 amide bonds. The van der Waals surface area contributed by atoms with Crippen LogP contribution in [0, 0.1) is 5.92 Å². The summed E-state index contributed by atoms with van der Waals surface area (Å²) < 4.78 is 2.21. The lowest BCUT2D eigenvalue weighted by Gasteiger charge is -2.23. The van der Waals surface area contributed by atoms with Gasteiger partial charge in [-0.2, -0.15) is 0 Å². The van der Waals surface area contributed by atoms with E-state index in [2.05, 4.69) is 86.3 Å². The van der Waals surface area contributed by atoms with Crippen molar-refractivity contribution in [3.05, 3.63) is 101 Å². The molecule has 188 valence electrons. The number of pyridine rings is 1. The van der Waals surface area contributed by atoms with Crippen LogP contribution in [0.3, 0.4) is 0 Å². The molecule has 0 radical (unpaired) electrons. The fraction of sp³-hybridized carbons (Fsp3) is 0.333. The largest absolute Gasteiger partial charge is 0.340 e. The van der Waals surface area contributed by atoms with Crippen molar-refractivity contribution in [2.75, 3.05) is 13.1 Å². The van der Waals surface area contributed by atoms with E-state index in [1.807, 2.05) is 12.1 Å². The fourth-order valence-corrected chi connectivity index (χ4v) is 5.57. The van der Waals surface area contributed by atoms with Gasteiger partial charge in [0.05, 0.1) is 6.04 Å². The molecule has 2 aromatic carbocycles. The first-order valence-corrected chi connectivity index (χ1v) is 13.1. The van der Waals surface area contributed by atoms with Crippen molar-refractivity contribution in [1.82, 2.24) is 30.0 Å². The molecule has 6 rings (SSSR count). The molecular formula is C30H32N6O. The van der Waals surface area contributed by atoms with Crippen LogP contribution in [0.2, 0.25) is 0 Å². The van der Waals surface area contributed by atoms with E-state index in [9.17, 15) is 4.79 Å². The predicted molar refractivity (Wildman–Crippen MR) is 143 cm³/mol. The Morgan fingerprint density at radius 3 is 2.62 bits per heavy atom. The third-order valence-electron chi connectivity index (χ3n) is 7.54. The van der Waals surface area contributed by atoms with Gasteiger partial charge < -0.3 is 9.88 Å². The highest BCUT2D eigenvalue weighted by Gasteiger charge is 2.28. The van der Waals surface area contributed by atoms with E-state index in [0.29, 0.717) is 5.69 Å². The highest BCUT2D eigenvalue weighted by Crippen LogP contribution is 2.37. The fourth-order valence-electron chi connectivity index (χ4n) is 5.57. The molecule has 4 aromatic rings. The number of aromatic nitrogens is 4. The number of nitrogens with one attached hydrogen (secondary N) is 1. The minimum absolute atomic E-state index is 0.163. The zero-order chi connectivity index (χ0) is 25.4. The molecule has 0 saturated heterocycles. The predicted octanol–water partition coefficient (Wildman–Crippen LogP) is 4.43. The molecule has 0 fully saturated rings. The molecule has 1 atom stereocenters. The van der Waals surface area contributed by atoms with Crippen LogP contribution in [0.5, 0.6) is 0 Å². The minimum atomic E-state index is -0.236. The van der Waals surface area contributed by atoms with Crippen LogP contribution in [-0.2, 0) is 25.9 Å². The zero-order valence-corrected chi connectivity index (χ0v) is 21.4. The summed E-state index contributed by atoms with van der Waals surface area (Å²) in [5, 5.41) is 12.2. The van der Waals surface area contributed by atoms with Crippen molar-refractivity contribution in [3.63, 3.8) is 0 Å². The smallest absolute Gasteiger partial charge is 0.270 e. The van der Waals surface area contributed by atoms with Gasteiger partial charge in [-0.25, -0.2) is 0 Å². The zero-order valence-electron chi connectivity index (χ0n) is 21.4. The van der Waals surface area contributed by atoms with Crippen LogP contribution < -0.4 is 5.32 Å². The average Bonchev–Trinajstić information content (AvgIpc) is 3.43. The number of hydrogen-bond acceptors (Lipinski definition) is 5. The van der Waals surface area contributed by atoms with Crippen LogP contribution >= 0.6 is 0 Å². The SMILES string of the molecule is CC(C)[C@H](NC(=O)c1ccccn1)c1nnc2n1CCN(Cc1ccc3c(c1)Cc1ccccc1-3)CC2. The van der Waals surface area contributed by atoms with E-state index in [0.717, 1.165) is 50.7 Å². The highest BCUT2D eigenvalue weighted by atomic mass is 16.2. The lowest BCUT2D eigenvalue weighted by molar-refractivity contribution is 0.0916. The van der Waals surface area contributed by atoms with Crippen LogP contribution in [-0.4, -0.2) is 43.6 Å². The second kappa shape index (κ2) is 9.90. The summed E-state index contributed by atoms with van der Waals surface area (Å²) in [6, 6.07) is 20.8. The van der Waals surface area contributed by atoms with Gasteiger partial charge >= 0.3 is 0 Å². The summed E-state index contributed by atoms with van der Waals surface area (Å²) in [6.45, 7) is 7.76. The number of benzene rings is 2. The summed E-state index contributed by atoms with van der Waals surface area (Å²) in [7, 11) is 0. The van der Waals surface area contributed by atoms with Gasteiger partial charge in [0, 0.05) is 38.8 Å². The molecule has 0 bridgehead atoms. The van der Waals surface area contributed by atoms with Gasteiger partial charge in [-0.15, -0.1) is 10.2 Å². The van der Waals surface area contributed by atoms with Gasteiger partial charge in [-0.3, -0.25) is 14.7 Å². The summed E-state index contributed by atoms with van der Waals surface area (Å²) in [6.07, 6.45) is 3.49. The normalized spacial score (nSPS) is 15.5. The number of hydrogen-bond donors (Lipinski definition) is 1. The van der Waals surface area contributed by atoms with Crippen molar-refractivity contribution < 1.29 is 4.79 Å². The quantitative estimate of drug-likeness (QED) is 0.380. The number of amides is 1. The van der Waals surface area contributed by atoms with Crippen molar-refractivity contribution in [3.8, 4) is 11.1 Å². The van der Waals surface area contributed by atoms with E-state index >= 15 is 0 Å². The van der Waals surface area contributed by atoms with Crippen molar-refractivity contribution in [2.24, 2.45) is 5.92 Å². The molecule has 2 aromatic heterocycles. The lowest BCUT2D eigenvalue weighted by Crippen LogP contribution is -2.34. The van der Waals surface area contributed by atoms with Gasteiger partial charge in [-0.05, 0) is 52.3 Å². The van der Waals surface area contributed by atoms with E-state index in [4.69, 9.17) is 0 Å². The lowest BCUT2D eigenvalue weighted by atomic mass is 10.0. The second-order valence-electron chi connectivity index (χ2n) is 10.4. The monoisotopic (exact) mass is 492 g/mol. The molecule has 7 heteroatoms. The first-order chi connectivity index (χ1) is 18.1. The van der Waals surface area contributed by atoms with Crippen LogP contribution in [0.15, 0.2) is 66.9 Å². The second-order valence-corrected chi connectivity index (χ2v) is 10.4. The molecule has 7 nitrogen and oxygen atoms in total. The first-order valence-electron chi connectivity index (χ1n) is 13.1. The van der Waals surface area contributed by atoms with E-state index in [-0.39, 0.29) is 17.9 Å². The summed E-state index contributed by atoms with van der Waals surface area (Å²) in [4.78, 5) is 19.6. The van der Waals surface area contributed by atoms with Crippen molar-refractivity contribution in [1.29, 1.82) is 0 Å². The minimum Gasteiger partial charge on any atom is -0.340 e. The molecule has 1 N–H and O–H groups in total. The number of nitrogens with zero attached hydrogens (tertiary/aromatic N) is 5. The summed E-state index contributed by atoms with van der Waals surface area (Å²) >= 11 is 0. The Bertz CT molecular complexity index is 1430. The molecule has 1 aliphatic heterocycles. The molecule has 0 unspecified atom stereocenters. The van der Waals surface area contributed by atoms with Gasteiger partial charge in [0.2, 0.25) is 0 Å². The third-order valence-corrected chi connectivity index (χ3v) is 7.54. The maximum Gasteiger partial charge on any atom is 0.270 e. The van der Waals surface area contributed by atoms with E-state index in [1.165, 1.54) is 27.8 Å². The Hall–Kier alpha value is -3.84. The van der Waals surface area contributed by atoms with E-state index < -0.39 is 0 Å². The average molecular weight is 493 g/mol. The Morgan fingerprint density at radius 1 is 0.946 bits per heavy atom. The van der Waals surface area contributed by atoms with Crippen LogP contribution in [0.25, 0.3) is 11.1 Å². The number of fused-ring (bicyclic) bond motifs is 4. The highest BCUT2D eigenvalue weighted by molar-refractivity contribution is 5.92. The molecule has 1 aliphatic carbocycles. The maximum absolute atomic E-state index is 12.9. The van der Waals surface area contributed by atoms with Crippen LogP contribution in [0.4, 0.5) is 0 Å². The molecule has 2 aliphatic rings. The summed E-state index contributed by atoms with van der Waals surface area (Å²) in [5.74, 6) is 1.78. The van der Waals surface area contributed by atoms with E-state index in [1.54, 1.807) is 12.3 Å². The maximum atomic E-state index is 12.9. The molecule has 0 spiro atoms. The van der Waals surface area contributed by atoms with Gasteiger partial charge in [0.15, 0.2) is 5.82 Å². The number of rotatable bonds is 6. The topological polar surface area (TPSA) is 75.9 Å². The van der Waals surface area contributed by atoms with Gasteiger partial charge in [0.1, 0.15) is 11.5 Å².